The number of carbonyl (C=O) groups is 1. The Morgan fingerprint density at radius 3 is 1.06 bits per heavy atom. The molecule has 0 aromatic heterocycles. The number of likely N-dealkylation sites (N-methyl/N-ethyl adjacent to an activating group) is 1. The highest BCUT2D eigenvalue weighted by molar-refractivity contribution is 7.47. The van der Waals surface area contributed by atoms with E-state index in [1.165, 1.54) is 225 Å². The number of carbonyl (C=O) groups excluding carboxylic acids is 1. The normalized spacial score (nSPS) is 14.0. The van der Waals surface area contributed by atoms with Crippen molar-refractivity contribution in [3.63, 3.8) is 0 Å². The summed E-state index contributed by atoms with van der Waals surface area (Å²) in [5.74, 6) is -0.141. The molecule has 0 rings (SSSR count). The molecule has 8 nitrogen and oxygen atoms in total. The predicted octanol–water partition coefficient (Wildman–Crippen LogP) is 16.5. The lowest BCUT2D eigenvalue weighted by molar-refractivity contribution is -0.870. The Bertz CT molecular complexity index is 994. The molecule has 0 bridgehead atoms. The van der Waals surface area contributed by atoms with Gasteiger partial charge >= 0.3 is 7.82 Å². The average molecular weight is 916 g/mol. The van der Waals surface area contributed by atoms with Crippen LogP contribution in [-0.2, 0) is 18.4 Å². The van der Waals surface area contributed by atoms with Crippen LogP contribution >= 0.6 is 7.82 Å². The standard InChI is InChI=1S/C54H111N2O6P/c1-6-8-10-12-14-16-18-19-20-21-22-23-24-25-26-27-28-29-30-31-32-33-34-35-36-38-39-41-43-45-47-53(57)52(51-62-63(59,60)61-50-49-56(3,4)5)55-54(58)48-46-44-42-40-37-17-15-13-11-9-7-2/h52-53,57H,6-51H2,1-5H3,(H-,55,58,59,60)/p+1. The maximum Gasteiger partial charge on any atom is 0.472 e. The largest absolute Gasteiger partial charge is 0.472 e. The molecule has 0 radical (unpaired) electrons. The Kier molecular flexibility index (Phi) is 46.2. The van der Waals surface area contributed by atoms with Crippen LogP contribution in [0, 0.1) is 0 Å². The van der Waals surface area contributed by atoms with Gasteiger partial charge in [0.05, 0.1) is 39.9 Å². The van der Waals surface area contributed by atoms with Gasteiger partial charge in [0.25, 0.3) is 0 Å². The number of nitrogens with zero attached hydrogens (tertiary/aromatic N) is 1. The van der Waals surface area contributed by atoms with Gasteiger partial charge < -0.3 is 19.8 Å². The maximum atomic E-state index is 12.9. The zero-order valence-corrected chi connectivity index (χ0v) is 44.0. The number of aliphatic hydroxyl groups is 1. The number of phosphoric ester groups is 1. The summed E-state index contributed by atoms with van der Waals surface area (Å²) in [6, 6.07) is -0.753. The van der Waals surface area contributed by atoms with Gasteiger partial charge in [-0.15, -0.1) is 0 Å². The van der Waals surface area contributed by atoms with E-state index in [1.54, 1.807) is 0 Å². The third-order valence-corrected chi connectivity index (χ3v) is 14.1. The first-order valence-corrected chi connectivity index (χ1v) is 29.4. The molecule has 378 valence electrons. The SMILES string of the molecule is CCCCCCCCCCCCCCCCCCCCCCCCCCCCCCCCC(O)C(COP(=O)(O)OCC[N+](C)(C)C)NC(=O)CCCCCCCCCCCCC. The van der Waals surface area contributed by atoms with E-state index >= 15 is 0 Å². The molecule has 0 fully saturated rings. The van der Waals surface area contributed by atoms with Crippen LogP contribution in [0.5, 0.6) is 0 Å². The molecule has 3 atom stereocenters. The van der Waals surface area contributed by atoms with E-state index in [0.29, 0.717) is 23.9 Å². The molecule has 3 unspecified atom stereocenters. The number of hydrogen-bond donors (Lipinski definition) is 3. The number of nitrogens with one attached hydrogen (secondary N) is 1. The van der Waals surface area contributed by atoms with E-state index in [2.05, 4.69) is 19.2 Å². The Labute approximate surface area is 393 Å². The number of phosphoric acid groups is 1. The molecule has 1 amide bonds. The van der Waals surface area contributed by atoms with Crippen LogP contribution in [-0.4, -0.2) is 73.4 Å². The van der Waals surface area contributed by atoms with Gasteiger partial charge in [0.1, 0.15) is 13.2 Å². The van der Waals surface area contributed by atoms with E-state index in [9.17, 15) is 19.4 Å². The Hall–Kier alpha value is -0.500. The second kappa shape index (κ2) is 46.6. The fraction of sp³-hybridized carbons (Fsp3) is 0.981. The molecule has 0 heterocycles. The fourth-order valence-electron chi connectivity index (χ4n) is 8.70. The van der Waals surface area contributed by atoms with Crippen LogP contribution in [0.25, 0.3) is 0 Å². The van der Waals surface area contributed by atoms with Gasteiger partial charge in [-0.05, 0) is 12.8 Å². The van der Waals surface area contributed by atoms with Gasteiger partial charge in [0, 0.05) is 6.42 Å². The zero-order chi connectivity index (χ0) is 46.4. The molecule has 9 heteroatoms. The first kappa shape index (κ1) is 62.5. The quantitative estimate of drug-likeness (QED) is 0.0319. The smallest absolute Gasteiger partial charge is 0.391 e. The van der Waals surface area contributed by atoms with Crippen LogP contribution in [0.4, 0.5) is 0 Å². The Morgan fingerprint density at radius 2 is 0.762 bits per heavy atom. The van der Waals surface area contributed by atoms with Crippen molar-refractivity contribution in [3.8, 4) is 0 Å². The highest BCUT2D eigenvalue weighted by Crippen LogP contribution is 2.43. The lowest BCUT2D eigenvalue weighted by Gasteiger charge is -2.26. The van der Waals surface area contributed by atoms with E-state index < -0.39 is 20.0 Å². The number of aliphatic hydroxyl groups excluding tert-OH is 1. The summed E-state index contributed by atoms with van der Waals surface area (Å²) in [4.78, 5) is 23.2. The minimum Gasteiger partial charge on any atom is -0.391 e. The highest BCUT2D eigenvalue weighted by Gasteiger charge is 2.28. The van der Waals surface area contributed by atoms with Gasteiger partial charge in [-0.2, -0.15) is 0 Å². The summed E-state index contributed by atoms with van der Waals surface area (Å²) in [6.07, 6.45) is 54.6. The molecule has 0 spiro atoms. The van der Waals surface area contributed by atoms with Gasteiger partial charge in [-0.1, -0.05) is 271 Å². The number of hydrogen-bond acceptors (Lipinski definition) is 5. The van der Waals surface area contributed by atoms with Crippen molar-refractivity contribution in [3.05, 3.63) is 0 Å². The first-order valence-electron chi connectivity index (χ1n) is 27.9. The highest BCUT2D eigenvalue weighted by atomic mass is 31.2. The molecular formula is C54H112N2O6P+. The van der Waals surface area contributed by atoms with Crippen LogP contribution in [0.2, 0.25) is 0 Å². The molecule has 0 aliphatic heterocycles. The minimum atomic E-state index is -4.31. The second-order valence-electron chi connectivity index (χ2n) is 20.7. The molecule has 0 aliphatic carbocycles. The average Bonchev–Trinajstić information content (AvgIpc) is 3.24. The van der Waals surface area contributed by atoms with Crippen LogP contribution in [0.15, 0.2) is 0 Å². The number of unbranched alkanes of at least 4 members (excludes halogenated alkanes) is 39. The molecule has 3 N–H and O–H groups in total. The molecule has 63 heavy (non-hydrogen) atoms. The van der Waals surface area contributed by atoms with Crippen molar-refractivity contribution in [1.82, 2.24) is 5.32 Å². The molecule has 0 saturated carbocycles. The van der Waals surface area contributed by atoms with Crippen molar-refractivity contribution in [2.45, 2.75) is 302 Å². The summed E-state index contributed by atoms with van der Waals surface area (Å²) >= 11 is 0. The van der Waals surface area contributed by atoms with Gasteiger partial charge in [-0.3, -0.25) is 13.8 Å². The summed E-state index contributed by atoms with van der Waals surface area (Å²) < 4.78 is 23.7. The zero-order valence-electron chi connectivity index (χ0n) is 43.1. The first-order chi connectivity index (χ1) is 30.5. The lowest BCUT2D eigenvalue weighted by Crippen LogP contribution is -2.46. The fourth-order valence-corrected chi connectivity index (χ4v) is 9.43. The van der Waals surface area contributed by atoms with E-state index in [0.717, 1.165) is 38.5 Å². The third-order valence-electron chi connectivity index (χ3n) is 13.1. The maximum absolute atomic E-state index is 12.9. The van der Waals surface area contributed by atoms with E-state index in [-0.39, 0.29) is 19.1 Å². The van der Waals surface area contributed by atoms with Crippen LogP contribution in [0.3, 0.4) is 0 Å². The lowest BCUT2D eigenvalue weighted by atomic mass is 10.0. The Balaban J connectivity index is 3.97. The number of quaternary nitrogens is 1. The van der Waals surface area contributed by atoms with Crippen LogP contribution < -0.4 is 5.32 Å². The predicted molar refractivity (Wildman–Crippen MR) is 272 cm³/mol. The van der Waals surface area contributed by atoms with E-state index in [1.807, 2.05) is 21.1 Å². The number of amides is 1. The summed E-state index contributed by atoms with van der Waals surface area (Å²) in [5, 5.41) is 14.0. The topological polar surface area (TPSA) is 105 Å². The molecular weight excluding hydrogens is 804 g/mol. The molecule has 0 saturated heterocycles. The molecule has 0 aliphatic rings. The van der Waals surface area contributed by atoms with Gasteiger partial charge in [0.15, 0.2) is 0 Å². The van der Waals surface area contributed by atoms with Crippen LogP contribution in [0.1, 0.15) is 290 Å². The van der Waals surface area contributed by atoms with Crippen molar-refractivity contribution >= 4 is 13.7 Å². The Morgan fingerprint density at radius 1 is 0.476 bits per heavy atom. The second-order valence-corrected chi connectivity index (χ2v) is 22.1. The van der Waals surface area contributed by atoms with Crippen molar-refractivity contribution in [1.29, 1.82) is 0 Å². The summed E-state index contributed by atoms with van der Waals surface area (Å²) in [7, 11) is 1.63. The van der Waals surface area contributed by atoms with Gasteiger partial charge in [0.2, 0.25) is 5.91 Å². The van der Waals surface area contributed by atoms with Crippen molar-refractivity contribution in [2.75, 3.05) is 40.9 Å². The van der Waals surface area contributed by atoms with Crippen molar-refractivity contribution < 1.29 is 32.9 Å². The van der Waals surface area contributed by atoms with Crippen molar-refractivity contribution in [2.24, 2.45) is 0 Å². The number of rotatable bonds is 52. The molecule has 0 aromatic carbocycles. The third kappa shape index (κ3) is 49.2. The summed E-state index contributed by atoms with van der Waals surface area (Å²) in [5.41, 5.74) is 0. The molecule has 0 aromatic rings. The summed E-state index contributed by atoms with van der Waals surface area (Å²) in [6.45, 7) is 4.92. The minimum absolute atomic E-state index is 0.0788. The van der Waals surface area contributed by atoms with E-state index in [4.69, 9.17) is 9.05 Å². The monoisotopic (exact) mass is 916 g/mol. The van der Waals surface area contributed by atoms with Gasteiger partial charge in [-0.25, -0.2) is 4.57 Å².